The van der Waals surface area contributed by atoms with Gasteiger partial charge in [-0.3, -0.25) is 4.79 Å². The second-order valence-electron chi connectivity index (χ2n) is 4.10. The number of carbonyl (C=O) groups excluding carboxylic acids is 1. The molecule has 1 amide bonds. The highest BCUT2D eigenvalue weighted by Crippen LogP contribution is 2.12. The summed E-state index contributed by atoms with van der Waals surface area (Å²) in [5.41, 5.74) is 0.786. The van der Waals surface area contributed by atoms with Crippen molar-refractivity contribution in [1.29, 1.82) is 0 Å². The average molecular weight is 331 g/mol. The van der Waals surface area contributed by atoms with Crippen LogP contribution in [0.1, 0.15) is 37.6 Å². The van der Waals surface area contributed by atoms with Crippen molar-refractivity contribution in [3.8, 4) is 0 Å². The Bertz CT molecular complexity index is 363. The standard InChI is InChI=1S/C13H18INO/c1-4-8-15(10(2)3)13(16)11-6-5-7-12(14)9-11/h5-7,9-10H,4,8H2,1-3H3. The molecule has 2 nitrogen and oxygen atoms in total. The number of hydrogen-bond acceptors (Lipinski definition) is 1. The lowest BCUT2D eigenvalue weighted by atomic mass is 10.1. The van der Waals surface area contributed by atoms with Crippen LogP contribution in [0.4, 0.5) is 0 Å². The summed E-state index contributed by atoms with van der Waals surface area (Å²) < 4.78 is 1.10. The molecular formula is C13H18INO. The van der Waals surface area contributed by atoms with E-state index in [-0.39, 0.29) is 11.9 Å². The number of benzene rings is 1. The van der Waals surface area contributed by atoms with Crippen LogP contribution in [0.3, 0.4) is 0 Å². The summed E-state index contributed by atoms with van der Waals surface area (Å²) in [5, 5.41) is 0. The van der Waals surface area contributed by atoms with Crippen LogP contribution < -0.4 is 0 Å². The van der Waals surface area contributed by atoms with E-state index in [0.717, 1.165) is 22.1 Å². The summed E-state index contributed by atoms with van der Waals surface area (Å²) in [6, 6.07) is 8.00. The quantitative estimate of drug-likeness (QED) is 0.773. The van der Waals surface area contributed by atoms with Gasteiger partial charge in [0.2, 0.25) is 0 Å². The fourth-order valence-corrected chi connectivity index (χ4v) is 2.17. The number of nitrogens with zero attached hydrogens (tertiary/aromatic N) is 1. The molecule has 1 aromatic carbocycles. The van der Waals surface area contributed by atoms with Crippen LogP contribution in [-0.4, -0.2) is 23.4 Å². The molecule has 0 aliphatic carbocycles. The molecule has 0 saturated carbocycles. The number of amides is 1. The molecule has 0 aliphatic rings. The summed E-state index contributed by atoms with van der Waals surface area (Å²) in [4.78, 5) is 14.2. The summed E-state index contributed by atoms with van der Waals surface area (Å²) in [7, 11) is 0. The van der Waals surface area contributed by atoms with E-state index >= 15 is 0 Å². The fraction of sp³-hybridized carbons (Fsp3) is 0.462. The van der Waals surface area contributed by atoms with Crippen LogP contribution in [0.25, 0.3) is 0 Å². The molecular weight excluding hydrogens is 313 g/mol. The first-order valence-electron chi connectivity index (χ1n) is 5.62. The highest BCUT2D eigenvalue weighted by molar-refractivity contribution is 14.1. The van der Waals surface area contributed by atoms with Gasteiger partial charge in [0.15, 0.2) is 0 Å². The van der Waals surface area contributed by atoms with Gasteiger partial charge in [0, 0.05) is 21.7 Å². The van der Waals surface area contributed by atoms with E-state index in [1.807, 2.05) is 29.2 Å². The van der Waals surface area contributed by atoms with Crippen molar-refractivity contribution in [1.82, 2.24) is 4.90 Å². The molecule has 16 heavy (non-hydrogen) atoms. The van der Waals surface area contributed by atoms with Crippen molar-refractivity contribution in [3.05, 3.63) is 33.4 Å². The summed E-state index contributed by atoms with van der Waals surface area (Å²) in [6.45, 7) is 7.03. The SMILES string of the molecule is CCCN(C(=O)c1cccc(I)c1)C(C)C. The zero-order valence-corrected chi connectivity index (χ0v) is 12.2. The van der Waals surface area contributed by atoms with Crippen LogP contribution in [0.5, 0.6) is 0 Å². The molecule has 0 atom stereocenters. The van der Waals surface area contributed by atoms with E-state index in [1.165, 1.54) is 0 Å². The first kappa shape index (κ1) is 13.5. The van der Waals surface area contributed by atoms with Gasteiger partial charge in [-0.1, -0.05) is 13.0 Å². The minimum atomic E-state index is 0.135. The number of carbonyl (C=O) groups is 1. The normalized spacial score (nSPS) is 10.6. The first-order chi connectivity index (χ1) is 7.56. The van der Waals surface area contributed by atoms with E-state index in [9.17, 15) is 4.79 Å². The van der Waals surface area contributed by atoms with E-state index in [1.54, 1.807) is 0 Å². The Labute approximate surface area is 111 Å². The van der Waals surface area contributed by atoms with E-state index in [0.29, 0.717) is 0 Å². The smallest absolute Gasteiger partial charge is 0.254 e. The van der Waals surface area contributed by atoms with E-state index in [4.69, 9.17) is 0 Å². The number of rotatable bonds is 4. The highest BCUT2D eigenvalue weighted by Gasteiger charge is 2.17. The third-order valence-electron chi connectivity index (χ3n) is 2.42. The van der Waals surface area contributed by atoms with Crippen molar-refractivity contribution in [2.75, 3.05) is 6.54 Å². The molecule has 0 heterocycles. The van der Waals surface area contributed by atoms with Crippen molar-refractivity contribution < 1.29 is 4.79 Å². The van der Waals surface area contributed by atoms with Gasteiger partial charge in [0.05, 0.1) is 0 Å². The molecule has 88 valence electrons. The lowest BCUT2D eigenvalue weighted by Crippen LogP contribution is -2.37. The fourth-order valence-electron chi connectivity index (χ4n) is 1.62. The van der Waals surface area contributed by atoms with Crippen LogP contribution in [0, 0.1) is 3.57 Å². The third-order valence-corrected chi connectivity index (χ3v) is 3.09. The van der Waals surface area contributed by atoms with Gasteiger partial charge in [-0.25, -0.2) is 0 Å². The molecule has 0 unspecified atom stereocenters. The zero-order chi connectivity index (χ0) is 12.1. The lowest BCUT2D eigenvalue weighted by Gasteiger charge is -2.26. The summed E-state index contributed by atoms with van der Waals surface area (Å²) in [5.74, 6) is 0.135. The number of halogens is 1. The maximum Gasteiger partial charge on any atom is 0.254 e. The molecule has 0 spiro atoms. The van der Waals surface area contributed by atoms with Crippen LogP contribution in [0.2, 0.25) is 0 Å². The van der Waals surface area contributed by atoms with Crippen molar-refractivity contribution in [3.63, 3.8) is 0 Å². The maximum absolute atomic E-state index is 12.3. The monoisotopic (exact) mass is 331 g/mol. The van der Waals surface area contributed by atoms with Gasteiger partial charge in [0.25, 0.3) is 5.91 Å². The Morgan fingerprint density at radius 3 is 2.62 bits per heavy atom. The Morgan fingerprint density at radius 1 is 1.44 bits per heavy atom. The minimum Gasteiger partial charge on any atom is -0.336 e. The van der Waals surface area contributed by atoms with Crippen LogP contribution in [-0.2, 0) is 0 Å². The second-order valence-corrected chi connectivity index (χ2v) is 5.35. The molecule has 1 rings (SSSR count). The van der Waals surface area contributed by atoms with Gasteiger partial charge < -0.3 is 4.90 Å². The molecule has 0 saturated heterocycles. The Balaban J connectivity index is 2.90. The molecule has 0 bridgehead atoms. The predicted molar refractivity (Wildman–Crippen MR) is 75.6 cm³/mol. The molecule has 1 aromatic rings. The van der Waals surface area contributed by atoms with Gasteiger partial charge in [0.1, 0.15) is 0 Å². The van der Waals surface area contributed by atoms with Crippen LogP contribution in [0.15, 0.2) is 24.3 Å². The minimum absolute atomic E-state index is 0.135. The highest BCUT2D eigenvalue weighted by atomic mass is 127. The zero-order valence-electron chi connectivity index (χ0n) is 10.0. The molecule has 0 aliphatic heterocycles. The van der Waals surface area contributed by atoms with Crippen molar-refractivity contribution >= 4 is 28.5 Å². The maximum atomic E-state index is 12.3. The molecule has 0 aromatic heterocycles. The van der Waals surface area contributed by atoms with Gasteiger partial charge in [-0.2, -0.15) is 0 Å². The molecule has 0 fully saturated rings. The Hall–Kier alpha value is -0.580. The van der Waals surface area contributed by atoms with Crippen molar-refractivity contribution in [2.45, 2.75) is 33.2 Å². The molecule has 0 N–H and O–H groups in total. The van der Waals surface area contributed by atoms with E-state index < -0.39 is 0 Å². The van der Waals surface area contributed by atoms with Crippen molar-refractivity contribution in [2.24, 2.45) is 0 Å². The third kappa shape index (κ3) is 3.47. The van der Waals surface area contributed by atoms with Crippen LogP contribution >= 0.6 is 22.6 Å². The Kier molecular flexibility index (Phi) is 5.25. The van der Waals surface area contributed by atoms with E-state index in [2.05, 4.69) is 43.4 Å². The lowest BCUT2D eigenvalue weighted by molar-refractivity contribution is 0.0706. The molecule has 0 radical (unpaired) electrons. The molecule has 3 heteroatoms. The van der Waals surface area contributed by atoms with Gasteiger partial charge in [-0.15, -0.1) is 0 Å². The first-order valence-corrected chi connectivity index (χ1v) is 6.70. The second kappa shape index (κ2) is 6.23. The summed E-state index contributed by atoms with van der Waals surface area (Å²) >= 11 is 2.23. The average Bonchev–Trinajstić information content (AvgIpc) is 2.24. The number of hydrogen-bond donors (Lipinski definition) is 0. The predicted octanol–water partition coefficient (Wildman–Crippen LogP) is 3.55. The van der Waals surface area contributed by atoms with Gasteiger partial charge in [-0.05, 0) is 61.1 Å². The van der Waals surface area contributed by atoms with Gasteiger partial charge >= 0.3 is 0 Å². The largest absolute Gasteiger partial charge is 0.336 e. The summed E-state index contributed by atoms with van der Waals surface area (Å²) in [6.07, 6.45) is 0.994. The Morgan fingerprint density at radius 2 is 2.12 bits per heavy atom. The topological polar surface area (TPSA) is 20.3 Å².